The number of hydrogen-bond acceptors (Lipinski definition) is 4. The van der Waals surface area contributed by atoms with Gasteiger partial charge in [0.05, 0.1) is 11.8 Å². The minimum absolute atomic E-state index is 0. The van der Waals surface area contributed by atoms with Crippen molar-refractivity contribution in [3.63, 3.8) is 0 Å². The van der Waals surface area contributed by atoms with Crippen LogP contribution in [0.4, 0.5) is 5.69 Å². The second-order valence-electron chi connectivity index (χ2n) is 8.68. The molecule has 2 aliphatic rings. The Morgan fingerprint density at radius 3 is 2.62 bits per heavy atom. The highest BCUT2D eigenvalue weighted by Crippen LogP contribution is 2.34. The molecule has 1 amide bonds. The molecule has 2 atom stereocenters. The summed E-state index contributed by atoms with van der Waals surface area (Å²) in [5.74, 6) is 1.04. The van der Waals surface area contributed by atoms with Crippen molar-refractivity contribution in [3.8, 4) is 5.75 Å². The number of benzene rings is 2. The fourth-order valence-electron chi connectivity index (χ4n) is 4.58. The number of nitrogens with zero attached hydrogens (tertiary/aromatic N) is 1. The number of fused-ring (bicyclic) bond motifs is 1. The van der Waals surface area contributed by atoms with Gasteiger partial charge in [0.2, 0.25) is 5.91 Å². The van der Waals surface area contributed by atoms with Crippen LogP contribution in [0.5, 0.6) is 5.75 Å². The van der Waals surface area contributed by atoms with Gasteiger partial charge in [0.25, 0.3) is 0 Å². The highest BCUT2D eigenvalue weighted by Gasteiger charge is 2.27. The third kappa shape index (κ3) is 5.96. The minimum Gasteiger partial charge on any atom is -0.491 e. The van der Waals surface area contributed by atoms with Crippen LogP contribution >= 0.6 is 24.8 Å². The Morgan fingerprint density at radius 1 is 1.16 bits per heavy atom. The van der Waals surface area contributed by atoms with E-state index in [1.807, 2.05) is 20.9 Å². The van der Waals surface area contributed by atoms with E-state index in [4.69, 9.17) is 4.74 Å². The molecule has 2 aliphatic heterocycles. The lowest BCUT2D eigenvalue weighted by molar-refractivity contribution is -0.118. The van der Waals surface area contributed by atoms with E-state index in [1.165, 1.54) is 23.1 Å². The quantitative estimate of drug-likeness (QED) is 0.623. The topological polar surface area (TPSA) is 53.6 Å². The SMILES string of the molecule is CC(C)Oc1cc2c(cc1CNC1CCCNC1c1ccccc1)CCC(=O)N2C.Cl.Cl. The van der Waals surface area contributed by atoms with Crippen molar-refractivity contribution >= 4 is 36.4 Å². The van der Waals surface area contributed by atoms with E-state index in [2.05, 4.69) is 53.1 Å². The van der Waals surface area contributed by atoms with Crippen LogP contribution in [0.2, 0.25) is 0 Å². The van der Waals surface area contributed by atoms with Gasteiger partial charge >= 0.3 is 0 Å². The normalized spacial score (nSPS) is 20.2. The molecule has 2 unspecified atom stereocenters. The maximum absolute atomic E-state index is 12.1. The zero-order valence-electron chi connectivity index (χ0n) is 19.1. The number of anilines is 1. The Hall–Kier alpha value is -1.79. The molecule has 0 saturated carbocycles. The first-order valence-corrected chi connectivity index (χ1v) is 11.1. The molecule has 32 heavy (non-hydrogen) atoms. The van der Waals surface area contributed by atoms with Gasteiger partial charge in [0.1, 0.15) is 5.75 Å². The molecule has 7 heteroatoms. The minimum atomic E-state index is 0. The summed E-state index contributed by atoms with van der Waals surface area (Å²) in [4.78, 5) is 13.9. The lowest BCUT2D eigenvalue weighted by Gasteiger charge is -2.34. The average molecular weight is 480 g/mol. The van der Waals surface area contributed by atoms with Gasteiger partial charge in [-0.2, -0.15) is 0 Å². The number of piperidine rings is 1. The summed E-state index contributed by atoms with van der Waals surface area (Å²) >= 11 is 0. The number of hydrogen-bond donors (Lipinski definition) is 2. The van der Waals surface area contributed by atoms with Crippen molar-refractivity contribution in [1.29, 1.82) is 0 Å². The van der Waals surface area contributed by atoms with E-state index in [1.54, 1.807) is 4.90 Å². The van der Waals surface area contributed by atoms with Crippen LogP contribution in [0.15, 0.2) is 42.5 Å². The Labute approximate surface area is 204 Å². The molecule has 1 fully saturated rings. The summed E-state index contributed by atoms with van der Waals surface area (Å²) in [5.41, 5.74) is 4.71. The molecule has 2 aromatic carbocycles. The molecular formula is C25H35Cl2N3O2. The van der Waals surface area contributed by atoms with Crippen molar-refractivity contribution < 1.29 is 9.53 Å². The van der Waals surface area contributed by atoms with E-state index in [0.29, 0.717) is 18.5 Å². The van der Waals surface area contributed by atoms with Crippen molar-refractivity contribution in [1.82, 2.24) is 10.6 Å². The van der Waals surface area contributed by atoms with Crippen molar-refractivity contribution in [2.24, 2.45) is 0 Å². The molecule has 2 heterocycles. The molecule has 2 N–H and O–H groups in total. The number of nitrogens with one attached hydrogen (secondary N) is 2. The Morgan fingerprint density at radius 2 is 1.91 bits per heavy atom. The van der Waals surface area contributed by atoms with Crippen LogP contribution < -0.4 is 20.3 Å². The highest BCUT2D eigenvalue weighted by molar-refractivity contribution is 5.96. The number of aryl methyl sites for hydroxylation is 1. The summed E-state index contributed by atoms with van der Waals surface area (Å²) in [7, 11) is 1.86. The summed E-state index contributed by atoms with van der Waals surface area (Å²) < 4.78 is 6.15. The van der Waals surface area contributed by atoms with Gasteiger partial charge in [-0.25, -0.2) is 0 Å². The maximum atomic E-state index is 12.1. The average Bonchev–Trinajstić information content (AvgIpc) is 2.76. The van der Waals surface area contributed by atoms with Gasteiger partial charge in [-0.15, -0.1) is 24.8 Å². The number of carbonyl (C=O) groups is 1. The summed E-state index contributed by atoms with van der Waals surface area (Å²) in [6, 6.07) is 15.7. The second-order valence-corrected chi connectivity index (χ2v) is 8.68. The Bertz CT molecular complexity index is 892. The molecule has 1 saturated heterocycles. The van der Waals surface area contributed by atoms with Crippen LogP contribution in [0.25, 0.3) is 0 Å². The molecule has 0 bridgehead atoms. The first-order valence-electron chi connectivity index (χ1n) is 11.1. The number of carbonyl (C=O) groups excluding carboxylic acids is 1. The largest absolute Gasteiger partial charge is 0.491 e. The van der Waals surface area contributed by atoms with Crippen LogP contribution in [0.1, 0.15) is 55.8 Å². The standard InChI is InChI=1S/C25H33N3O2.2ClH/c1-17(2)30-23-15-22-19(11-12-24(29)28(22)3)14-20(23)16-27-21-10-7-13-26-25(21)18-8-5-4-6-9-18;;/h4-6,8-9,14-15,17,21,25-27H,7,10-13,16H2,1-3H3;2*1H. The smallest absolute Gasteiger partial charge is 0.227 e. The number of amides is 1. The van der Waals surface area contributed by atoms with E-state index in [-0.39, 0.29) is 36.8 Å². The van der Waals surface area contributed by atoms with Crippen LogP contribution in [0.3, 0.4) is 0 Å². The molecule has 4 rings (SSSR count). The molecule has 5 nitrogen and oxygen atoms in total. The lowest BCUT2D eigenvalue weighted by atomic mass is 9.92. The van der Waals surface area contributed by atoms with Gasteiger partial charge in [0.15, 0.2) is 0 Å². The number of ether oxygens (including phenoxy) is 1. The predicted molar refractivity (Wildman–Crippen MR) is 135 cm³/mol. The van der Waals surface area contributed by atoms with E-state index in [9.17, 15) is 4.79 Å². The molecule has 0 radical (unpaired) electrons. The summed E-state index contributed by atoms with van der Waals surface area (Å²) in [5, 5.41) is 7.50. The first-order chi connectivity index (χ1) is 14.5. The maximum Gasteiger partial charge on any atom is 0.227 e. The van der Waals surface area contributed by atoms with Gasteiger partial charge in [-0.05, 0) is 56.8 Å². The van der Waals surface area contributed by atoms with Crippen LogP contribution in [0, 0.1) is 0 Å². The van der Waals surface area contributed by atoms with Crippen LogP contribution in [-0.2, 0) is 17.8 Å². The molecule has 176 valence electrons. The molecule has 0 spiro atoms. The van der Waals surface area contributed by atoms with Gasteiger partial charge < -0.3 is 20.3 Å². The Kier molecular flexibility index (Phi) is 9.83. The fraction of sp³-hybridized carbons (Fsp3) is 0.480. The van der Waals surface area contributed by atoms with Crippen molar-refractivity contribution in [3.05, 3.63) is 59.2 Å². The third-order valence-electron chi connectivity index (χ3n) is 6.14. The molecule has 0 aromatic heterocycles. The molecular weight excluding hydrogens is 445 g/mol. The van der Waals surface area contributed by atoms with Crippen molar-refractivity contribution in [2.45, 2.75) is 64.3 Å². The zero-order chi connectivity index (χ0) is 21.1. The highest BCUT2D eigenvalue weighted by atomic mass is 35.5. The number of halogens is 2. The zero-order valence-corrected chi connectivity index (χ0v) is 20.7. The molecule has 0 aliphatic carbocycles. The van der Waals surface area contributed by atoms with E-state index >= 15 is 0 Å². The van der Waals surface area contributed by atoms with Gasteiger partial charge in [0, 0.05) is 43.7 Å². The third-order valence-corrected chi connectivity index (χ3v) is 6.14. The summed E-state index contributed by atoms with van der Waals surface area (Å²) in [6.07, 6.45) is 3.77. The fourth-order valence-corrected chi connectivity index (χ4v) is 4.58. The van der Waals surface area contributed by atoms with Crippen molar-refractivity contribution in [2.75, 3.05) is 18.5 Å². The second kappa shape index (κ2) is 11.9. The monoisotopic (exact) mass is 479 g/mol. The van der Waals surface area contributed by atoms with Crippen LogP contribution in [-0.4, -0.2) is 31.6 Å². The lowest BCUT2D eigenvalue weighted by Crippen LogP contribution is -2.45. The van der Waals surface area contributed by atoms with Gasteiger partial charge in [-0.3, -0.25) is 4.79 Å². The molecule has 2 aromatic rings. The first kappa shape index (κ1) is 26.5. The van der Waals surface area contributed by atoms with E-state index in [0.717, 1.165) is 37.4 Å². The predicted octanol–water partition coefficient (Wildman–Crippen LogP) is 4.81. The van der Waals surface area contributed by atoms with E-state index < -0.39 is 0 Å². The Balaban J connectivity index is 0.00000181. The summed E-state index contributed by atoms with van der Waals surface area (Å²) in [6.45, 7) is 5.89. The number of rotatable bonds is 6. The van der Waals surface area contributed by atoms with Gasteiger partial charge in [-0.1, -0.05) is 30.3 Å².